The van der Waals surface area contributed by atoms with Gasteiger partial charge in [0.15, 0.2) is 11.5 Å². The van der Waals surface area contributed by atoms with Gasteiger partial charge in [-0.05, 0) is 36.4 Å². The number of hydrogen-bond acceptors (Lipinski definition) is 7. The van der Waals surface area contributed by atoms with E-state index >= 15 is 0 Å². The first kappa shape index (κ1) is 18.4. The van der Waals surface area contributed by atoms with Gasteiger partial charge in [0.2, 0.25) is 0 Å². The summed E-state index contributed by atoms with van der Waals surface area (Å²) in [6.45, 7) is 3.38. The summed E-state index contributed by atoms with van der Waals surface area (Å²) >= 11 is 0. The fourth-order valence-corrected chi connectivity index (χ4v) is 3.64. The Bertz CT molecular complexity index is 1150. The molecule has 3 heterocycles. The van der Waals surface area contributed by atoms with Crippen molar-refractivity contribution in [1.82, 2.24) is 14.4 Å². The Labute approximate surface area is 174 Å². The van der Waals surface area contributed by atoms with Gasteiger partial charge in [0.05, 0.1) is 18.9 Å². The SMILES string of the molecule is NNc1cccc(-c2cn3ccnc3c(Nc3ccc(N4CCOCC4)cc3)n2)c1. The van der Waals surface area contributed by atoms with Gasteiger partial charge in [-0.1, -0.05) is 12.1 Å². The molecule has 0 atom stereocenters. The van der Waals surface area contributed by atoms with Crippen molar-refractivity contribution in [2.45, 2.75) is 0 Å². The van der Waals surface area contributed by atoms with E-state index in [1.165, 1.54) is 5.69 Å². The normalized spacial score (nSPS) is 14.1. The first-order chi connectivity index (χ1) is 14.8. The zero-order chi connectivity index (χ0) is 20.3. The Morgan fingerprint density at radius 2 is 1.83 bits per heavy atom. The maximum Gasteiger partial charge on any atom is 0.180 e. The molecular formula is C22H23N7O. The summed E-state index contributed by atoms with van der Waals surface area (Å²) in [6.07, 6.45) is 5.65. The van der Waals surface area contributed by atoms with Crippen LogP contribution in [-0.4, -0.2) is 40.7 Å². The largest absolute Gasteiger partial charge is 0.378 e. The minimum atomic E-state index is 0.697. The van der Waals surface area contributed by atoms with E-state index < -0.39 is 0 Å². The Kier molecular flexibility index (Phi) is 4.92. The molecule has 4 aromatic rings. The number of hydrogen-bond donors (Lipinski definition) is 3. The summed E-state index contributed by atoms with van der Waals surface area (Å²) in [4.78, 5) is 11.6. The highest BCUT2D eigenvalue weighted by molar-refractivity contribution is 5.75. The number of nitrogens with two attached hydrogens (primary N) is 1. The van der Waals surface area contributed by atoms with E-state index in [0.717, 1.165) is 54.6 Å². The first-order valence-electron chi connectivity index (χ1n) is 9.91. The number of morpholine rings is 1. The summed E-state index contributed by atoms with van der Waals surface area (Å²) in [7, 11) is 0. The van der Waals surface area contributed by atoms with Crippen LogP contribution in [0.25, 0.3) is 16.9 Å². The molecular weight excluding hydrogens is 378 g/mol. The molecule has 30 heavy (non-hydrogen) atoms. The number of rotatable bonds is 5. The minimum Gasteiger partial charge on any atom is -0.378 e. The minimum absolute atomic E-state index is 0.697. The third-order valence-corrected chi connectivity index (χ3v) is 5.21. The van der Waals surface area contributed by atoms with Gasteiger partial charge in [-0.25, -0.2) is 9.97 Å². The van der Waals surface area contributed by atoms with Crippen LogP contribution in [0.2, 0.25) is 0 Å². The van der Waals surface area contributed by atoms with Gasteiger partial charge < -0.3 is 24.8 Å². The van der Waals surface area contributed by atoms with Crippen LogP contribution in [0.3, 0.4) is 0 Å². The third kappa shape index (κ3) is 3.66. The second kappa shape index (κ2) is 8.02. The molecule has 0 aliphatic carbocycles. The molecule has 2 aromatic heterocycles. The molecule has 1 aliphatic heterocycles. The van der Waals surface area contributed by atoms with Gasteiger partial charge in [0, 0.05) is 54.3 Å². The summed E-state index contributed by atoms with van der Waals surface area (Å²) in [5.41, 5.74) is 8.22. The molecule has 0 unspecified atom stereocenters. The van der Waals surface area contributed by atoms with E-state index in [1.54, 1.807) is 6.20 Å². The monoisotopic (exact) mass is 401 g/mol. The fourth-order valence-electron chi connectivity index (χ4n) is 3.64. The average Bonchev–Trinajstić information content (AvgIpc) is 3.29. The smallest absolute Gasteiger partial charge is 0.180 e. The van der Waals surface area contributed by atoms with Gasteiger partial charge in [-0.15, -0.1) is 0 Å². The van der Waals surface area contributed by atoms with Crippen LogP contribution in [0.1, 0.15) is 0 Å². The molecule has 1 aliphatic rings. The van der Waals surface area contributed by atoms with E-state index in [4.69, 9.17) is 15.6 Å². The van der Waals surface area contributed by atoms with Gasteiger partial charge in [0.25, 0.3) is 0 Å². The lowest BCUT2D eigenvalue weighted by Gasteiger charge is -2.28. The number of fused-ring (bicyclic) bond motifs is 1. The zero-order valence-electron chi connectivity index (χ0n) is 16.5. The van der Waals surface area contributed by atoms with Gasteiger partial charge >= 0.3 is 0 Å². The second-order valence-electron chi connectivity index (χ2n) is 7.13. The standard InChI is InChI=1S/C22H23N7O/c23-27-18-3-1-2-16(14-18)20-15-29-9-8-24-22(29)21(26-20)25-17-4-6-19(7-5-17)28-10-12-30-13-11-28/h1-9,14-15,27H,10-13,23H2,(H,25,26). The topological polar surface area (TPSA) is 92.7 Å². The van der Waals surface area contributed by atoms with Crippen LogP contribution in [0.5, 0.6) is 0 Å². The number of imidazole rings is 1. The number of hydrazine groups is 1. The van der Waals surface area contributed by atoms with Crippen LogP contribution in [0.15, 0.2) is 67.1 Å². The van der Waals surface area contributed by atoms with Gasteiger partial charge in [-0.2, -0.15) is 0 Å². The lowest BCUT2D eigenvalue weighted by Crippen LogP contribution is -2.36. The molecule has 0 bridgehead atoms. The first-order valence-corrected chi connectivity index (χ1v) is 9.91. The molecule has 152 valence electrons. The highest BCUT2D eigenvalue weighted by Crippen LogP contribution is 2.27. The third-order valence-electron chi connectivity index (χ3n) is 5.21. The quantitative estimate of drug-likeness (QED) is 0.349. The number of aromatic nitrogens is 3. The molecule has 1 fully saturated rings. The van der Waals surface area contributed by atoms with Crippen molar-refractivity contribution < 1.29 is 4.74 Å². The number of nitrogens with one attached hydrogen (secondary N) is 2. The molecule has 0 saturated carbocycles. The van der Waals surface area contributed by atoms with Gasteiger partial charge in [-0.3, -0.25) is 5.84 Å². The molecule has 2 aromatic carbocycles. The van der Waals surface area contributed by atoms with Crippen molar-refractivity contribution in [1.29, 1.82) is 0 Å². The van der Waals surface area contributed by atoms with E-state index in [-0.39, 0.29) is 0 Å². The Morgan fingerprint density at radius 1 is 1.00 bits per heavy atom. The van der Waals surface area contributed by atoms with Crippen molar-refractivity contribution >= 4 is 28.5 Å². The summed E-state index contributed by atoms with van der Waals surface area (Å²) in [6, 6.07) is 16.2. The maximum absolute atomic E-state index is 5.56. The summed E-state index contributed by atoms with van der Waals surface area (Å²) in [5, 5.41) is 3.42. The molecule has 8 heteroatoms. The Balaban J connectivity index is 1.45. The average molecular weight is 401 g/mol. The second-order valence-corrected chi connectivity index (χ2v) is 7.13. The van der Waals surface area contributed by atoms with Crippen molar-refractivity contribution in [2.24, 2.45) is 5.84 Å². The van der Waals surface area contributed by atoms with Gasteiger partial charge in [0.1, 0.15) is 0 Å². The molecule has 5 rings (SSSR count). The van der Waals surface area contributed by atoms with Crippen LogP contribution in [0.4, 0.5) is 22.9 Å². The zero-order valence-corrected chi connectivity index (χ0v) is 16.5. The number of nitrogens with zero attached hydrogens (tertiary/aromatic N) is 4. The number of anilines is 4. The molecule has 0 amide bonds. The van der Waals surface area contributed by atoms with Crippen LogP contribution < -0.4 is 21.5 Å². The highest BCUT2D eigenvalue weighted by Gasteiger charge is 2.12. The molecule has 0 radical (unpaired) electrons. The lowest BCUT2D eigenvalue weighted by atomic mass is 10.1. The Hall–Kier alpha value is -3.62. The molecule has 0 spiro atoms. The summed E-state index contributed by atoms with van der Waals surface area (Å²) in [5.74, 6) is 6.26. The highest BCUT2D eigenvalue weighted by atomic mass is 16.5. The molecule has 1 saturated heterocycles. The lowest BCUT2D eigenvalue weighted by molar-refractivity contribution is 0.122. The van der Waals surface area contributed by atoms with E-state index in [2.05, 4.69) is 44.9 Å². The molecule has 4 N–H and O–H groups in total. The summed E-state index contributed by atoms with van der Waals surface area (Å²) < 4.78 is 7.40. The van der Waals surface area contributed by atoms with Crippen molar-refractivity contribution in [3.8, 4) is 11.3 Å². The fraction of sp³-hybridized carbons (Fsp3) is 0.182. The predicted octanol–water partition coefficient (Wildman–Crippen LogP) is 3.26. The number of nitrogen functional groups attached to an aromatic ring is 1. The van der Waals surface area contributed by atoms with Crippen molar-refractivity contribution in [3.63, 3.8) is 0 Å². The predicted molar refractivity (Wildman–Crippen MR) is 119 cm³/mol. The number of ether oxygens (including phenoxy) is 1. The van der Waals surface area contributed by atoms with Crippen LogP contribution >= 0.6 is 0 Å². The Morgan fingerprint density at radius 3 is 2.63 bits per heavy atom. The van der Waals surface area contributed by atoms with Crippen LogP contribution in [-0.2, 0) is 4.74 Å². The molecule has 8 nitrogen and oxygen atoms in total. The van der Waals surface area contributed by atoms with Crippen LogP contribution in [0, 0.1) is 0 Å². The van der Waals surface area contributed by atoms with Crippen molar-refractivity contribution in [3.05, 3.63) is 67.1 Å². The maximum atomic E-state index is 5.56. The number of benzene rings is 2. The van der Waals surface area contributed by atoms with E-state index in [9.17, 15) is 0 Å². The van der Waals surface area contributed by atoms with E-state index in [0.29, 0.717) is 5.82 Å². The van der Waals surface area contributed by atoms with Crippen molar-refractivity contribution in [2.75, 3.05) is 41.9 Å². The van der Waals surface area contributed by atoms with E-state index in [1.807, 2.05) is 41.1 Å².